The maximum Gasteiger partial charge on any atom is 0.337 e. The molecule has 4 rings (SSSR count). The molecule has 0 saturated heterocycles. The van der Waals surface area contributed by atoms with Crippen LogP contribution in [-0.2, 0) is 4.79 Å². The molecule has 0 radical (unpaired) electrons. The predicted molar refractivity (Wildman–Crippen MR) is 121 cm³/mol. The predicted octanol–water partition coefficient (Wildman–Crippen LogP) is 6.07. The Kier molecular flexibility index (Phi) is 5.43. The summed E-state index contributed by atoms with van der Waals surface area (Å²) >= 11 is 12.1. The fourth-order valence-corrected chi connectivity index (χ4v) is 3.63. The standard InChI is InChI=1S/C23H16Cl2N2O4/c1-12-16(4-3-5-19(12)24)21-9-7-15(31-21)11-17-13(2)26-27(22(17)28)14-6-8-20(25)18(10-14)23(29)30/h3-11H,1-2H3,(H,29,30)/b17-11+. The van der Waals surface area contributed by atoms with E-state index in [1.54, 1.807) is 25.1 Å². The number of amides is 1. The minimum absolute atomic E-state index is 0.0822. The number of carboxylic acid groups (broad SMARTS) is 1. The van der Waals surface area contributed by atoms with E-state index in [0.29, 0.717) is 33.5 Å². The van der Waals surface area contributed by atoms with Gasteiger partial charge in [-0.05, 0) is 61.9 Å². The molecular weight excluding hydrogens is 439 g/mol. The first kappa shape index (κ1) is 20.9. The van der Waals surface area contributed by atoms with Crippen LogP contribution in [0.4, 0.5) is 5.69 Å². The fraction of sp³-hybridized carbons (Fsp3) is 0.0870. The van der Waals surface area contributed by atoms with Crippen molar-refractivity contribution in [2.24, 2.45) is 5.10 Å². The number of anilines is 1. The van der Waals surface area contributed by atoms with Crippen molar-refractivity contribution in [3.05, 3.63) is 81.0 Å². The Bertz CT molecular complexity index is 1290. The van der Waals surface area contributed by atoms with Gasteiger partial charge in [0, 0.05) is 10.6 Å². The van der Waals surface area contributed by atoms with Crippen LogP contribution in [0.3, 0.4) is 0 Å². The van der Waals surface area contributed by atoms with Gasteiger partial charge in [-0.15, -0.1) is 0 Å². The van der Waals surface area contributed by atoms with E-state index in [2.05, 4.69) is 5.10 Å². The highest BCUT2D eigenvalue weighted by molar-refractivity contribution is 6.34. The number of carbonyl (C=O) groups excluding carboxylic acids is 1. The minimum atomic E-state index is -1.19. The summed E-state index contributed by atoms with van der Waals surface area (Å²) in [4.78, 5) is 24.3. The summed E-state index contributed by atoms with van der Waals surface area (Å²) in [5, 5.41) is 15.4. The number of hydrogen-bond donors (Lipinski definition) is 1. The molecule has 8 heteroatoms. The molecular formula is C23H16Cl2N2O4. The quantitative estimate of drug-likeness (QED) is 0.485. The monoisotopic (exact) mass is 454 g/mol. The summed E-state index contributed by atoms with van der Waals surface area (Å²) in [5.41, 5.74) is 2.79. The fourth-order valence-electron chi connectivity index (χ4n) is 3.26. The number of benzene rings is 2. The second kappa shape index (κ2) is 8.06. The number of furan rings is 1. The first-order valence-corrected chi connectivity index (χ1v) is 10.0. The molecule has 6 nitrogen and oxygen atoms in total. The molecule has 31 heavy (non-hydrogen) atoms. The van der Waals surface area contributed by atoms with Crippen LogP contribution < -0.4 is 5.01 Å². The molecule has 1 N–H and O–H groups in total. The van der Waals surface area contributed by atoms with Gasteiger partial charge in [0.2, 0.25) is 0 Å². The number of rotatable bonds is 4. The molecule has 1 aromatic heterocycles. The zero-order valence-electron chi connectivity index (χ0n) is 16.5. The first-order chi connectivity index (χ1) is 14.8. The van der Waals surface area contributed by atoms with Crippen LogP contribution in [0.5, 0.6) is 0 Å². The highest BCUT2D eigenvalue weighted by atomic mass is 35.5. The van der Waals surface area contributed by atoms with E-state index in [9.17, 15) is 14.7 Å². The number of nitrogens with zero attached hydrogens (tertiary/aromatic N) is 2. The number of carboxylic acids is 1. The molecule has 0 saturated carbocycles. The Morgan fingerprint density at radius 3 is 2.61 bits per heavy atom. The zero-order chi connectivity index (χ0) is 22.3. The van der Waals surface area contributed by atoms with Gasteiger partial charge in [-0.1, -0.05) is 35.3 Å². The van der Waals surface area contributed by atoms with E-state index in [4.69, 9.17) is 27.6 Å². The van der Waals surface area contributed by atoms with E-state index in [0.717, 1.165) is 16.1 Å². The van der Waals surface area contributed by atoms with Crippen molar-refractivity contribution in [3.63, 3.8) is 0 Å². The highest BCUT2D eigenvalue weighted by Crippen LogP contribution is 2.32. The van der Waals surface area contributed by atoms with Crippen molar-refractivity contribution in [3.8, 4) is 11.3 Å². The molecule has 0 fully saturated rings. The lowest BCUT2D eigenvalue weighted by Gasteiger charge is -2.12. The second-order valence-electron chi connectivity index (χ2n) is 6.94. The summed E-state index contributed by atoms with van der Waals surface area (Å²) < 4.78 is 5.92. The Morgan fingerprint density at radius 2 is 1.87 bits per heavy atom. The van der Waals surface area contributed by atoms with Crippen LogP contribution in [0.15, 0.2) is 63.6 Å². The molecule has 0 atom stereocenters. The topological polar surface area (TPSA) is 83.1 Å². The lowest BCUT2D eigenvalue weighted by atomic mass is 10.1. The van der Waals surface area contributed by atoms with Gasteiger partial charge < -0.3 is 9.52 Å². The number of hydrazone groups is 1. The third-order valence-electron chi connectivity index (χ3n) is 4.93. The molecule has 156 valence electrons. The molecule has 1 amide bonds. The van der Waals surface area contributed by atoms with Crippen molar-refractivity contribution in [1.82, 2.24) is 0 Å². The van der Waals surface area contributed by atoms with Gasteiger partial charge in [0.15, 0.2) is 0 Å². The molecule has 1 aliphatic rings. The van der Waals surface area contributed by atoms with Gasteiger partial charge in [-0.3, -0.25) is 4.79 Å². The maximum absolute atomic E-state index is 13.0. The summed E-state index contributed by atoms with van der Waals surface area (Å²) in [6, 6.07) is 13.4. The number of carbonyl (C=O) groups is 2. The van der Waals surface area contributed by atoms with Crippen LogP contribution in [0.1, 0.15) is 28.6 Å². The van der Waals surface area contributed by atoms with Gasteiger partial charge >= 0.3 is 5.97 Å². The number of halogens is 2. The average molecular weight is 455 g/mol. The largest absolute Gasteiger partial charge is 0.478 e. The van der Waals surface area contributed by atoms with Crippen molar-refractivity contribution in [2.75, 3.05) is 5.01 Å². The lowest BCUT2D eigenvalue weighted by Crippen LogP contribution is -2.21. The zero-order valence-corrected chi connectivity index (χ0v) is 18.0. The third kappa shape index (κ3) is 3.87. The Hall–Kier alpha value is -3.35. The summed E-state index contributed by atoms with van der Waals surface area (Å²) in [6.45, 7) is 3.60. The normalized spacial score (nSPS) is 15.0. The molecule has 3 aromatic rings. The van der Waals surface area contributed by atoms with Crippen molar-refractivity contribution >= 4 is 52.6 Å². The molecule has 0 bridgehead atoms. The average Bonchev–Trinajstić information content (AvgIpc) is 3.30. The van der Waals surface area contributed by atoms with E-state index in [-0.39, 0.29) is 10.6 Å². The van der Waals surface area contributed by atoms with Crippen LogP contribution >= 0.6 is 23.2 Å². The van der Waals surface area contributed by atoms with Crippen molar-refractivity contribution in [2.45, 2.75) is 13.8 Å². The third-order valence-corrected chi connectivity index (χ3v) is 5.67. The SMILES string of the molecule is CC1=NN(c2ccc(Cl)c(C(=O)O)c2)C(=O)/C1=C/c1ccc(-c2cccc(Cl)c2C)o1. The van der Waals surface area contributed by atoms with E-state index >= 15 is 0 Å². The van der Waals surface area contributed by atoms with Gasteiger partial charge in [0.05, 0.1) is 27.6 Å². The summed E-state index contributed by atoms with van der Waals surface area (Å²) in [7, 11) is 0. The molecule has 0 unspecified atom stereocenters. The van der Waals surface area contributed by atoms with Crippen LogP contribution in [0.2, 0.25) is 10.0 Å². The second-order valence-corrected chi connectivity index (χ2v) is 7.76. The van der Waals surface area contributed by atoms with Crippen molar-refractivity contribution < 1.29 is 19.1 Å². The van der Waals surface area contributed by atoms with E-state index < -0.39 is 11.9 Å². The van der Waals surface area contributed by atoms with Crippen molar-refractivity contribution in [1.29, 1.82) is 0 Å². The smallest absolute Gasteiger partial charge is 0.337 e. The van der Waals surface area contributed by atoms with Gasteiger partial charge in [-0.25, -0.2) is 4.79 Å². The van der Waals surface area contributed by atoms with Gasteiger partial charge in [0.25, 0.3) is 5.91 Å². The molecule has 2 aromatic carbocycles. The first-order valence-electron chi connectivity index (χ1n) is 9.26. The Morgan fingerprint density at radius 1 is 1.10 bits per heavy atom. The van der Waals surface area contributed by atoms with Gasteiger partial charge in [-0.2, -0.15) is 10.1 Å². The molecule has 2 heterocycles. The maximum atomic E-state index is 13.0. The van der Waals surface area contributed by atoms with E-state index in [1.807, 2.05) is 31.2 Å². The van der Waals surface area contributed by atoms with Crippen LogP contribution in [0.25, 0.3) is 17.4 Å². The number of hydrogen-bond acceptors (Lipinski definition) is 4. The summed E-state index contributed by atoms with van der Waals surface area (Å²) in [5.74, 6) is -0.466. The molecule has 0 spiro atoms. The lowest BCUT2D eigenvalue weighted by molar-refractivity contribution is -0.114. The van der Waals surface area contributed by atoms with Gasteiger partial charge in [0.1, 0.15) is 11.5 Å². The van der Waals surface area contributed by atoms with Crippen LogP contribution in [-0.4, -0.2) is 22.7 Å². The highest BCUT2D eigenvalue weighted by Gasteiger charge is 2.30. The Labute approximate surface area is 188 Å². The van der Waals surface area contributed by atoms with Crippen LogP contribution in [0, 0.1) is 6.92 Å². The molecule has 1 aliphatic heterocycles. The minimum Gasteiger partial charge on any atom is -0.478 e. The summed E-state index contributed by atoms with van der Waals surface area (Å²) in [6.07, 6.45) is 1.61. The Balaban J connectivity index is 1.65. The molecule has 0 aliphatic carbocycles. The van der Waals surface area contributed by atoms with E-state index in [1.165, 1.54) is 12.1 Å². The number of aromatic carboxylic acids is 1.